The van der Waals surface area contributed by atoms with Gasteiger partial charge in [0.15, 0.2) is 0 Å². The number of thiophene rings is 1. The second-order valence-electron chi connectivity index (χ2n) is 7.21. The molecule has 2 amide bonds. The third-order valence-electron chi connectivity index (χ3n) is 4.95. The van der Waals surface area contributed by atoms with Gasteiger partial charge in [-0.1, -0.05) is 17.7 Å². The summed E-state index contributed by atoms with van der Waals surface area (Å²) in [5.74, 6) is -0.793. The van der Waals surface area contributed by atoms with Crippen LogP contribution in [0.2, 0.25) is 0 Å². The molecule has 3 aromatic rings. The van der Waals surface area contributed by atoms with Crippen LogP contribution in [-0.4, -0.2) is 32.0 Å². The maximum Gasteiger partial charge on any atom is 0.341 e. The number of amides is 2. The molecule has 0 saturated carbocycles. The smallest absolute Gasteiger partial charge is 0.341 e. The van der Waals surface area contributed by atoms with Crippen LogP contribution in [0.4, 0.5) is 10.7 Å². The van der Waals surface area contributed by atoms with Gasteiger partial charge in [0.25, 0.3) is 11.8 Å². The third kappa shape index (κ3) is 4.81. The van der Waals surface area contributed by atoms with E-state index in [0.29, 0.717) is 27.4 Å². The molecule has 0 fully saturated rings. The summed E-state index contributed by atoms with van der Waals surface area (Å²) in [5, 5.41) is 5.87. The van der Waals surface area contributed by atoms with Crippen LogP contribution in [-0.2, 0) is 4.74 Å². The summed E-state index contributed by atoms with van der Waals surface area (Å²) in [6.07, 6.45) is 0. The van der Waals surface area contributed by atoms with Crippen molar-refractivity contribution in [1.82, 2.24) is 0 Å². The summed E-state index contributed by atoms with van der Waals surface area (Å²) in [5.41, 5.74) is 3.67. The Hall–Kier alpha value is -3.65. The molecule has 7 nitrogen and oxygen atoms in total. The topological polar surface area (TPSA) is 93.7 Å². The molecular formula is C24H24N2O5S. The van der Waals surface area contributed by atoms with Gasteiger partial charge in [0, 0.05) is 11.3 Å². The number of rotatable bonds is 6. The highest BCUT2D eigenvalue weighted by Gasteiger charge is 2.27. The van der Waals surface area contributed by atoms with E-state index in [9.17, 15) is 14.4 Å². The second-order valence-corrected chi connectivity index (χ2v) is 8.23. The molecule has 0 spiro atoms. The summed E-state index contributed by atoms with van der Waals surface area (Å²) in [6, 6.07) is 12.3. The minimum absolute atomic E-state index is 0.158. The van der Waals surface area contributed by atoms with Gasteiger partial charge < -0.3 is 20.1 Å². The lowest BCUT2D eigenvalue weighted by Gasteiger charge is -2.08. The molecule has 2 N–H and O–H groups in total. The lowest BCUT2D eigenvalue weighted by molar-refractivity contribution is 0.0601. The fourth-order valence-electron chi connectivity index (χ4n) is 3.22. The summed E-state index contributed by atoms with van der Waals surface area (Å²) in [4.78, 5) is 38.5. The van der Waals surface area contributed by atoms with Crippen LogP contribution in [0.5, 0.6) is 5.75 Å². The van der Waals surface area contributed by atoms with E-state index in [4.69, 9.17) is 9.47 Å². The van der Waals surface area contributed by atoms with E-state index in [2.05, 4.69) is 10.6 Å². The zero-order valence-corrected chi connectivity index (χ0v) is 19.3. The number of ether oxygens (including phenoxy) is 2. The maximum absolute atomic E-state index is 13.0. The molecule has 0 aliphatic heterocycles. The molecular weight excluding hydrogens is 428 g/mol. The lowest BCUT2D eigenvalue weighted by atomic mass is 10.1. The van der Waals surface area contributed by atoms with Crippen LogP contribution in [0.1, 0.15) is 47.1 Å². The number of aryl methyl sites for hydroxylation is 2. The molecule has 0 bridgehead atoms. The summed E-state index contributed by atoms with van der Waals surface area (Å²) >= 11 is 1.03. The lowest BCUT2D eigenvalue weighted by Crippen LogP contribution is -2.14. The van der Waals surface area contributed by atoms with E-state index < -0.39 is 11.9 Å². The summed E-state index contributed by atoms with van der Waals surface area (Å²) < 4.78 is 9.99. The average Bonchev–Trinajstić information content (AvgIpc) is 3.10. The van der Waals surface area contributed by atoms with Crippen molar-refractivity contribution in [1.29, 1.82) is 0 Å². The Morgan fingerprint density at radius 3 is 2.16 bits per heavy atom. The Morgan fingerprint density at radius 2 is 1.56 bits per heavy atom. The monoisotopic (exact) mass is 452 g/mol. The van der Waals surface area contributed by atoms with Crippen LogP contribution >= 0.6 is 11.3 Å². The molecule has 166 valence electrons. The van der Waals surface area contributed by atoms with Crippen molar-refractivity contribution >= 4 is 39.8 Å². The number of benzene rings is 2. The number of anilines is 2. The fourth-order valence-corrected chi connectivity index (χ4v) is 4.30. The van der Waals surface area contributed by atoms with E-state index in [1.807, 2.05) is 32.0 Å². The van der Waals surface area contributed by atoms with Gasteiger partial charge in [-0.05, 0) is 62.2 Å². The maximum atomic E-state index is 13.0. The first-order valence-corrected chi connectivity index (χ1v) is 10.6. The van der Waals surface area contributed by atoms with Crippen molar-refractivity contribution in [2.24, 2.45) is 0 Å². The van der Waals surface area contributed by atoms with Gasteiger partial charge in [-0.2, -0.15) is 0 Å². The zero-order valence-electron chi connectivity index (χ0n) is 18.5. The third-order valence-corrected chi connectivity index (χ3v) is 6.16. The molecule has 0 aliphatic carbocycles. The molecule has 0 radical (unpaired) electrons. The number of carbonyl (C=O) groups excluding carboxylic acids is 3. The van der Waals surface area contributed by atoms with Gasteiger partial charge in [-0.3, -0.25) is 9.59 Å². The SMILES string of the molecule is COC(=O)c1c(NC(=O)c2ccc(OC)cc2)sc(C(=O)Nc2ccc(C)cc2C)c1C. The molecule has 1 aromatic heterocycles. The van der Waals surface area contributed by atoms with Crippen LogP contribution in [0.3, 0.4) is 0 Å². The highest BCUT2D eigenvalue weighted by Crippen LogP contribution is 2.35. The first-order valence-electron chi connectivity index (χ1n) is 9.80. The Bertz CT molecular complexity index is 1180. The molecule has 1 heterocycles. The standard InChI is InChI=1S/C24H24N2O5S/c1-13-6-11-18(14(2)12-13)25-22(28)20-15(3)19(24(29)31-5)23(32-20)26-21(27)16-7-9-17(30-4)10-8-16/h6-12H,1-5H3,(H,25,28)(H,26,27). The van der Waals surface area contributed by atoms with Crippen molar-refractivity contribution in [2.45, 2.75) is 20.8 Å². The highest BCUT2D eigenvalue weighted by molar-refractivity contribution is 7.19. The molecule has 2 aromatic carbocycles. The van der Waals surface area contributed by atoms with E-state index >= 15 is 0 Å². The van der Waals surface area contributed by atoms with Crippen LogP contribution in [0.25, 0.3) is 0 Å². The quantitative estimate of drug-likeness (QED) is 0.515. The minimum Gasteiger partial charge on any atom is -0.497 e. The van der Waals surface area contributed by atoms with Crippen molar-refractivity contribution < 1.29 is 23.9 Å². The fraction of sp³-hybridized carbons (Fsp3) is 0.208. The van der Waals surface area contributed by atoms with Crippen molar-refractivity contribution in [2.75, 3.05) is 24.9 Å². The second kappa shape index (κ2) is 9.65. The van der Waals surface area contributed by atoms with Gasteiger partial charge in [-0.15, -0.1) is 11.3 Å². The van der Waals surface area contributed by atoms with E-state index in [1.165, 1.54) is 14.2 Å². The summed E-state index contributed by atoms with van der Waals surface area (Å²) in [6.45, 7) is 5.54. The Morgan fingerprint density at radius 1 is 0.875 bits per heavy atom. The minimum atomic E-state index is -0.630. The van der Waals surface area contributed by atoms with Gasteiger partial charge in [-0.25, -0.2) is 4.79 Å². The number of hydrogen-bond acceptors (Lipinski definition) is 6. The summed E-state index contributed by atoms with van der Waals surface area (Å²) in [7, 11) is 2.79. The highest BCUT2D eigenvalue weighted by atomic mass is 32.1. The molecule has 0 saturated heterocycles. The first kappa shape index (κ1) is 23.0. The normalized spacial score (nSPS) is 10.4. The Labute approximate surface area is 190 Å². The number of carbonyl (C=O) groups is 3. The van der Waals surface area contributed by atoms with E-state index in [-0.39, 0.29) is 16.5 Å². The largest absolute Gasteiger partial charge is 0.497 e. The predicted molar refractivity (Wildman–Crippen MR) is 125 cm³/mol. The number of nitrogens with one attached hydrogen (secondary N) is 2. The van der Waals surface area contributed by atoms with Gasteiger partial charge in [0.1, 0.15) is 10.8 Å². The van der Waals surface area contributed by atoms with Gasteiger partial charge in [0.05, 0.1) is 24.7 Å². The molecule has 3 rings (SSSR count). The molecule has 0 atom stereocenters. The van der Waals surface area contributed by atoms with E-state index in [0.717, 1.165) is 22.5 Å². The van der Waals surface area contributed by atoms with Crippen molar-refractivity contribution in [3.63, 3.8) is 0 Å². The van der Waals surface area contributed by atoms with Crippen LogP contribution in [0.15, 0.2) is 42.5 Å². The number of esters is 1. The molecule has 0 aliphatic rings. The molecule has 8 heteroatoms. The van der Waals surface area contributed by atoms with Crippen molar-refractivity contribution in [3.8, 4) is 5.75 Å². The first-order chi connectivity index (χ1) is 15.2. The van der Waals surface area contributed by atoms with Gasteiger partial charge in [0.2, 0.25) is 0 Å². The van der Waals surface area contributed by atoms with E-state index in [1.54, 1.807) is 31.2 Å². The van der Waals surface area contributed by atoms with Crippen molar-refractivity contribution in [3.05, 3.63) is 75.2 Å². The predicted octanol–water partition coefficient (Wildman–Crippen LogP) is 4.97. The molecule has 32 heavy (non-hydrogen) atoms. The Balaban J connectivity index is 1.92. The van der Waals surface area contributed by atoms with Gasteiger partial charge >= 0.3 is 5.97 Å². The zero-order chi connectivity index (χ0) is 23.4. The number of methoxy groups -OCH3 is 2. The Kier molecular flexibility index (Phi) is 6.95. The van der Waals surface area contributed by atoms with Crippen LogP contribution in [0, 0.1) is 20.8 Å². The molecule has 0 unspecified atom stereocenters. The average molecular weight is 453 g/mol. The number of hydrogen-bond donors (Lipinski definition) is 2. The van der Waals surface area contributed by atoms with Crippen LogP contribution < -0.4 is 15.4 Å².